The van der Waals surface area contributed by atoms with Crippen LogP contribution in [0.25, 0.3) is 0 Å². The molecule has 1 fully saturated rings. The average molecular weight is 357 g/mol. The zero-order chi connectivity index (χ0) is 17.2. The van der Waals surface area contributed by atoms with Gasteiger partial charge in [0.2, 0.25) is 5.88 Å². The number of ether oxygens (including phenoxy) is 3. The maximum atomic E-state index is 6.09. The summed E-state index contributed by atoms with van der Waals surface area (Å²) in [7, 11) is 0. The molecule has 6 heteroatoms. The smallest absolute Gasteiger partial charge is 0.218 e. The van der Waals surface area contributed by atoms with Crippen molar-refractivity contribution in [2.24, 2.45) is 5.92 Å². The highest BCUT2D eigenvalue weighted by Crippen LogP contribution is 2.32. The van der Waals surface area contributed by atoms with E-state index in [0.29, 0.717) is 17.0 Å². The first-order valence-electron chi connectivity index (χ1n) is 9.06. The summed E-state index contributed by atoms with van der Waals surface area (Å²) in [5, 5.41) is 0.396. The van der Waals surface area contributed by atoms with Crippen LogP contribution in [0, 0.1) is 5.92 Å². The Kier molecular flexibility index (Phi) is 8.78. The van der Waals surface area contributed by atoms with Crippen molar-refractivity contribution < 1.29 is 14.2 Å². The van der Waals surface area contributed by atoms with Gasteiger partial charge < -0.3 is 14.2 Å². The van der Waals surface area contributed by atoms with E-state index >= 15 is 0 Å². The van der Waals surface area contributed by atoms with E-state index in [4.69, 9.17) is 25.8 Å². The molecule has 5 nitrogen and oxygen atoms in total. The van der Waals surface area contributed by atoms with E-state index in [1.807, 2.05) is 0 Å². The highest BCUT2D eigenvalue weighted by Gasteiger charge is 2.36. The molecule has 1 aromatic rings. The Bertz CT molecular complexity index is 475. The van der Waals surface area contributed by atoms with Crippen LogP contribution in [0.5, 0.6) is 5.88 Å². The second kappa shape index (κ2) is 10.9. The largest absolute Gasteiger partial charge is 0.474 e. The number of rotatable bonds is 11. The molecular weight excluding hydrogens is 328 g/mol. The molecule has 3 atom stereocenters. The Labute approximate surface area is 150 Å². The van der Waals surface area contributed by atoms with E-state index < -0.39 is 0 Å². The summed E-state index contributed by atoms with van der Waals surface area (Å²) >= 11 is 5.89. The minimum absolute atomic E-state index is 0.0855. The third-order valence-electron chi connectivity index (χ3n) is 4.29. The molecular formula is C18H29ClN2O3. The molecule has 0 unspecified atom stereocenters. The van der Waals surface area contributed by atoms with Crippen LogP contribution in [0.4, 0.5) is 0 Å². The van der Waals surface area contributed by atoms with Gasteiger partial charge in [-0.25, -0.2) is 9.97 Å². The molecule has 0 bridgehead atoms. The Morgan fingerprint density at radius 2 is 1.92 bits per heavy atom. The summed E-state index contributed by atoms with van der Waals surface area (Å²) in [6.07, 6.45) is 7.99. The van der Waals surface area contributed by atoms with Gasteiger partial charge in [0.1, 0.15) is 17.6 Å². The molecule has 1 heterocycles. The van der Waals surface area contributed by atoms with E-state index in [9.17, 15) is 0 Å². The van der Waals surface area contributed by atoms with Crippen LogP contribution in [0.3, 0.4) is 0 Å². The lowest BCUT2D eigenvalue weighted by atomic mass is 10.1. The first kappa shape index (κ1) is 19.4. The minimum atomic E-state index is 0.0855. The number of nitrogens with zero attached hydrogens (tertiary/aromatic N) is 2. The van der Waals surface area contributed by atoms with E-state index in [0.717, 1.165) is 58.3 Å². The fraction of sp³-hybridized carbons (Fsp3) is 0.778. The lowest BCUT2D eigenvalue weighted by Gasteiger charge is -2.19. The fourth-order valence-electron chi connectivity index (χ4n) is 2.93. The Morgan fingerprint density at radius 1 is 1.12 bits per heavy atom. The van der Waals surface area contributed by atoms with Crippen molar-refractivity contribution in [3.63, 3.8) is 0 Å². The van der Waals surface area contributed by atoms with Gasteiger partial charge in [0.15, 0.2) is 0 Å². The molecule has 0 amide bonds. The van der Waals surface area contributed by atoms with Gasteiger partial charge >= 0.3 is 0 Å². The number of hydrogen-bond acceptors (Lipinski definition) is 5. The van der Waals surface area contributed by atoms with Crippen LogP contribution in [-0.4, -0.2) is 42.0 Å². The van der Waals surface area contributed by atoms with Gasteiger partial charge in [0, 0.05) is 31.6 Å². The molecule has 1 aliphatic carbocycles. The van der Waals surface area contributed by atoms with Crippen molar-refractivity contribution >= 4 is 11.6 Å². The highest BCUT2D eigenvalue weighted by atomic mass is 35.5. The van der Waals surface area contributed by atoms with Gasteiger partial charge in [-0.1, -0.05) is 38.3 Å². The van der Waals surface area contributed by atoms with Gasteiger partial charge in [0.25, 0.3) is 0 Å². The normalized spacial score (nSPS) is 23.5. The number of unbranched alkanes of at least 4 members (excludes halogenated alkanes) is 2. The fourth-order valence-corrected chi connectivity index (χ4v) is 3.06. The molecule has 1 aliphatic rings. The lowest BCUT2D eigenvalue weighted by Crippen LogP contribution is -2.23. The summed E-state index contributed by atoms with van der Waals surface area (Å²) in [6.45, 7) is 6.71. The van der Waals surface area contributed by atoms with Crippen molar-refractivity contribution in [2.75, 3.05) is 19.8 Å². The summed E-state index contributed by atoms with van der Waals surface area (Å²) < 4.78 is 17.9. The van der Waals surface area contributed by atoms with Gasteiger partial charge in [-0.15, -0.1) is 0 Å². The molecule has 0 N–H and O–H groups in total. The van der Waals surface area contributed by atoms with Crippen molar-refractivity contribution in [1.29, 1.82) is 0 Å². The molecule has 0 aliphatic heterocycles. The minimum Gasteiger partial charge on any atom is -0.474 e. The predicted octanol–water partition coefficient (Wildman–Crippen LogP) is 4.29. The van der Waals surface area contributed by atoms with Crippen LogP contribution in [0.2, 0.25) is 5.15 Å². The monoisotopic (exact) mass is 356 g/mol. The van der Waals surface area contributed by atoms with Crippen LogP contribution in [0.1, 0.15) is 52.4 Å². The van der Waals surface area contributed by atoms with Crippen LogP contribution in [0.15, 0.2) is 12.4 Å². The van der Waals surface area contributed by atoms with E-state index in [1.165, 1.54) is 6.33 Å². The molecule has 0 aromatic carbocycles. The van der Waals surface area contributed by atoms with Crippen molar-refractivity contribution in [3.05, 3.63) is 17.5 Å². The van der Waals surface area contributed by atoms with Gasteiger partial charge in [0.05, 0.1) is 12.7 Å². The average Bonchev–Trinajstić information content (AvgIpc) is 2.93. The molecule has 1 aromatic heterocycles. The third-order valence-corrected chi connectivity index (χ3v) is 4.49. The molecule has 0 radical (unpaired) electrons. The number of aromatic nitrogens is 2. The molecule has 1 saturated carbocycles. The second-order valence-electron chi connectivity index (χ2n) is 6.34. The second-order valence-corrected chi connectivity index (χ2v) is 6.73. The number of hydrogen-bond donors (Lipinski definition) is 0. The Morgan fingerprint density at radius 3 is 2.67 bits per heavy atom. The van der Waals surface area contributed by atoms with Gasteiger partial charge in [-0.2, -0.15) is 0 Å². The maximum absolute atomic E-state index is 6.09. The van der Waals surface area contributed by atoms with E-state index in [2.05, 4.69) is 23.8 Å². The summed E-state index contributed by atoms with van der Waals surface area (Å²) in [5.74, 6) is 0.904. The summed E-state index contributed by atoms with van der Waals surface area (Å²) in [4.78, 5) is 8.01. The van der Waals surface area contributed by atoms with Crippen molar-refractivity contribution in [1.82, 2.24) is 9.97 Å². The molecule has 2 rings (SSSR count). The SMILES string of the molecule is CCCCOC[C@@H]1C[C@@H](Oc2cc(Cl)ncn2)C[C@@H]1OCCCC. The quantitative estimate of drug-likeness (QED) is 0.437. The topological polar surface area (TPSA) is 53.5 Å². The maximum Gasteiger partial charge on any atom is 0.218 e. The van der Waals surface area contributed by atoms with Crippen LogP contribution >= 0.6 is 11.6 Å². The van der Waals surface area contributed by atoms with Gasteiger partial charge in [-0.05, 0) is 19.3 Å². The summed E-state index contributed by atoms with van der Waals surface area (Å²) in [6, 6.07) is 1.65. The molecule has 136 valence electrons. The van der Waals surface area contributed by atoms with Crippen LogP contribution < -0.4 is 4.74 Å². The standard InChI is InChI=1S/C18H29ClN2O3/c1-3-5-7-22-12-14-9-15(10-16(14)23-8-6-4-2)24-18-11-17(19)20-13-21-18/h11,13-16H,3-10,12H2,1-2H3/t14-,15+,16-/m0/s1. The third kappa shape index (κ3) is 6.54. The zero-order valence-corrected chi connectivity index (χ0v) is 15.5. The zero-order valence-electron chi connectivity index (χ0n) is 14.7. The lowest BCUT2D eigenvalue weighted by molar-refractivity contribution is -0.00909. The van der Waals surface area contributed by atoms with Crippen molar-refractivity contribution in [3.8, 4) is 5.88 Å². The summed E-state index contributed by atoms with van der Waals surface area (Å²) in [5.41, 5.74) is 0. The first-order valence-corrected chi connectivity index (χ1v) is 9.44. The predicted molar refractivity (Wildman–Crippen MR) is 94.6 cm³/mol. The van der Waals surface area contributed by atoms with E-state index in [1.54, 1.807) is 6.07 Å². The van der Waals surface area contributed by atoms with E-state index in [-0.39, 0.29) is 12.2 Å². The first-order chi connectivity index (χ1) is 11.7. The number of halogens is 1. The van der Waals surface area contributed by atoms with Gasteiger partial charge in [-0.3, -0.25) is 0 Å². The molecule has 0 spiro atoms. The molecule has 0 saturated heterocycles. The Hall–Kier alpha value is -0.910. The molecule has 24 heavy (non-hydrogen) atoms. The van der Waals surface area contributed by atoms with Crippen LogP contribution in [-0.2, 0) is 9.47 Å². The Balaban J connectivity index is 1.86. The highest BCUT2D eigenvalue weighted by molar-refractivity contribution is 6.29. The van der Waals surface area contributed by atoms with Crippen molar-refractivity contribution in [2.45, 2.75) is 64.6 Å².